The van der Waals surface area contributed by atoms with Crippen LogP contribution < -0.4 is 0 Å². The fraction of sp³-hybridized carbons (Fsp3) is 0. The van der Waals surface area contributed by atoms with Gasteiger partial charge in [-0.25, -0.2) is 0 Å². The number of aromatic hydroxyl groups is 1. The van der Waals surface area contributed by atoms with Crippen LogP contribution in [0.1, 0.15) is 0 Å². The molecule has 0 radical (unpaired) electrons. The van der Waals surface area contributed by atoms with Gasteiger partial charge in [0.05, 0.1) is 0 Å². The van der Waals surface area contributed by atoms with Gasteiger partial charge in [-0.05, 0) is 54.5 Å². The van der Waals surface area contributed by atoms with E-state index >= 15 is 0 Å². The van der Waals surface area contributed by atoms with Gasteiger partial charge >= 0.3 is 0 Å². The molecule has 0 heterocycles. The van der Waals surface area contributed by atoms with Crippen molar-refractivity contribution in [1.82, 2.24) is 0 Å². The first kappa shape index (κ1) is 14.6. The quantitative estimate of drug-likeness (QED) is 0.290. The molecule has 0 amide bonds. The molecule has 27 heavy (non-hydrogen) atoms. The SMILES string of the molecule is Oc1cccc2c1ccc1c3ccccc3c3c4ccccc4ccc3c21. The highest BCUT2D eigenvalue weighted by Crippen LogP contribution is 2.42. The summed E-state index contributed by atoms with van der Waals surface area (Å²) in [6.45, 7) is 0. The predicted molar refractivity (Wildman–Crippen MR) is 116 cm³/mol. The number of fused-ring (bicyclic) bond motifs is 10. The first-order valence-corrected chi connectivity index (χ1v) is 9.19. The highest BCUT2D eigenvalue weighted by atomic mass is 16.3. The minimum Gasteiger partial charge on any atom is -0.507 e. The van der Waals surface area contributed by atoms with E-state index in [1.165, 1.54) is 43.1 Å². The molecule has 126 valence electrons. The average molecular weight is 344 g/mol. The van der Waals surface area contributed by atoms with Crippen molar-refractivity contribution >= 4 is 53.9 Å². The van der Waals surface area contributed by atoms with E-state index in [4.69, 9.17) is 0 Å². The summed E-state index contributed by atoms with van der Waals surface area (Å²) in [7, 11) is 0. The summed E-state index contributed by atoms with van der Waals surface area (Å²) in [5, 5.41) is 22.4. The van der Waals surface area contributed by atoms with Crippen LogP contribution in [-0.2, 0) is 0 Å². The zero-order chi connectivity index (χ0) is 18.0. The van der Waals surface area contributed by atoms with Crippen molar-refractivity contribution in [2.24, 2.45) is 0 Å². The van der Waals surface area contributed by atoms with Gasteiger partial charge < -0.3 is 5.11 Å². The van der Waals surface area contributed by atoms with Crippen molar-refractivity contribution in [3.05, 3.63) is 91.0 Å². The number of benzene rings is 6. The number of hydrogen-bond acceptors (Lipinski definition) is 1. The van der Waals surface area contributed by atoms with Gasteiger partial charge in [-0.3, -0.25) is 0 Å². The van der Waals surface area contributed by atoms with Gasteiger partial charge in [0.1, 0.15) is 5.75 Å². The molecule has 0 atom stereocenters. The molecular formula is C26H16O. The van der Waals surface area contributed by atoms with Crippen LogP contribution in [0.25, 0.3) is 53.9 Å². The van der Waals surface area contributed by atoms with E-state index in [0.717, 1.165) is 10.8 Å². The van der Waals surface area contributed by atoms with Gasteiger partial charge in [0.2, 0.25) is 0 Å². The fourth-order valence-electron chi connectivity index (χ4n) is 4.56. The zero-order valence-electron chi connectivity index (χ0n) is 14.6. The van der Waals surface area contributed by atoms with Gasteiger partial charge in [-0.1, -0.05) is 84.9 Å². The molecule has 6 aromatic carbocycles. The molecule has 0 saturated carbocycles. The normalized spacial score (nSPS) is 11.9. The highest BCUT2D eigenvalue weighted by molar-refractivity contribution is 6.35. The Morgan fingerprint density at radius 2 is 0.926 bits per heavy atom. The number of phenols is 1. The Labute approximate surface area is 156 Å². The molecule has 6 aromatic rings. The molecular weight excluding hydrogens is 328 g/mol. The Kier molecular flexibility index (Phi) is 2.81. The van der Waals surface area contributed by atoms with Crippen molar-refractivity contribution in [3.8, 4) is 5.75 Å². The van der Waals surface area contributed by atoms with E-state index in [-0.39, 0.29) is 0 Å². The molecule has 0 saturated heterocycles. The first-order valence-electron chi connectivity index (χ1n) is 9.19. The van der Waals surface area contributed by atoms with E-state index < -0.39 is 0 Å². The van der Waals surface area contributed by atoms with Crippen LogP contribution in [0, 0.1) is 0 Å². The van der Waals surface area contributed by atoms with Crippen LogP contribution in [0.5, 0.6) is 5.75 Å². The second-order valence-electron chi connectivity index (χ2n) is 7.12. The van der Waals surface area contributed by atoms with Crippen LogP contribution in [0.3, 0.4) is 0 Å². The highest BCUT2D eigenvalue weighted by Gasteiger charge is 2.14. The van der Waals surface area contributed by atoms with Crippen LogP contribution in [-0.4, -0.2) is 5.11 Å². The van der Waals surface area contributed by atoms with Crippen LogP contribution in [0.2, 0.25) is 0 Å². The van der Waals surface area contributed by atoms with Crippen LogP contribution in [0.15, 0.2) is 91.0 Å². The van der Waals surface area contributed by atoms with E-state index in [1.807, 2.05) is 12.1 Å². The molecule has 0 aliphatic rings. The Morgan fingerprint density at radius 1 is 0.370 bits per heavy atom. The molecule has 0 aromatic heterocycles. The van der Waals surface area contributed by atoms with Crippen molar-refractivity contribution in [2.45, 2.75) is 0 Å². The number of hydrogen-bond donors (Lipinski definition) is 1. The summed E-state index contributed by atoms with van der Waals surface area (Å²) < 4.78 is 0. The molecule has 0 fully saturated rings. The molecule has 6 rings (SSSR count). The molecule has 1 heteroatoms. The van der Waals surface area contributed by atoms with Gasteiger partial charge in [0, 0.05) is 5.39 Å². The van der Waals surface area contributed by atoms with Gasteiger partial charge in [0.15, 0.2) is 0 Å². The zero-order valence-corrected chi connectivity index (χ0v) is 14.6. The lowest BCUT2D eigenvalue weighted by atomic mass is 9.89. The van der Waals surface area contributed by atoms with E-state index in [0.29, 0.717) is 5.75 Å². The van der Waals surface area contributed by atoms with Crippen molar-refractivity contribution in [1.29, 1.82) is 0 Å². The Morgan fingerprint density at radius 3 is 1.81 bits per heavy atom. The molecule has 1 nitrogen and oxygen atoms in total. The third kappa shape index (κ3) is 1.89. The van der Waals surface area contributed by atoms with Crippen LogP contribution in [0.4, 0.5) is 0 Å². The molecule has 0 aliphatic heterocycles. The van der Waals surface area contributed by atoms with E-state index in [9.17, 15) is 5.11 Å². The molecule has 0 spiro atoms. The number of phenolic OH excluding ortho intramolecular Hbond substituents is 1. The predicted octanol–water partition coefficient (Wildman–Crippen LogP) is 7.16. The second-order valence-corrected chi connectivity index (χ2v) is 7.12. The maximum Gasteiger partial charge on any atom is 0.123 e. The standard InChI is InChI=1S/C26H16O/c27-24-11-5-10-21-19(24)14-15-22-18-8-3-4-9-20(18)25-17-7-2-1-6-16(17)12-13-23(25)26(21)22/h1-15,27H. The third-order valence-electron chi connectivity index (χ3n) is 5.72. The Balaban J connectivity index is 2.05. The molecule has 0 bridgehead atoms. The summed E-state index contributed by atoms with van der Waals surface area (Å²) in [6.07, 6.45) is 0. The van der Waals surface area contributed by atoms with Crippen molar-refractivity contribution in [3.63, 3.8) is 0 Å². The van der Waals surface area contributed by atoms with E-state index in [2.05, 4.69) is 72.8 Å². The van der Waals surface area contributed by atoms with E-state index in [1.54, 1.807) is 6.07 Å². The minimum absolute atomic E-state index is 0.330. The topological polar surface area (TPSA) is 20.2 Å². The van der Waals surface area contributed by atoms with Crippen molar-refractivity contribution in [2.75, 3.05) is 0 Å². The molecule has 1 N–H and O–H groups in total. The summed E-state index contributed by atoms with van der Waals surface area (Å²) >= 11 is 0. The Hall–Kier alpha value is -3.58. The van der Waals surface area contributed by atoms with Gasteiger partial charge in [-0.2, -0.15) is 0 Å². The molecule has 0 aliphatic carbocycles. The summed E-state index contributed by atoms with van der Waals surface area (Å²) in [5.74, 6) is 0.330. The smallest absolute Gasteiger partial charge is 0.123 e. The lowest BCUT2D eigenvalue weighted by Crippen LogP contribution is -1.87. The second kappa shape index (κ2) is 5.21. The maximum absolute atomic E-state index is 10.4. The van der Waals surface area contributed by atoms with Gasteiger partial charge in [-0.15, -0.1) is 0 Å². The minimum atomic E-state index is 0.330. The molecule has 0 unspecified atom stereocenters. The average Bonchev–Trinajstić information content (AvgIpc) is 2.73. The monoisotopic (exact) mass is 344 g/mol. The lowest BCUT2D eigenvalue weighted by molar-refractivity contribution is 0.481. The third-order valence-corrected chi connectivity index (χ3v) is 5.72. The summed E-state index contributed by atoms with van der Waals surface area (Å²) in [4.78, 5) is 0. The summed E-state index contributed by atoms with van der Waals surface area (Å²) in [6, 6.07) is 31.6. The Bertz CT molecular complexity index is 1530. The first-order chi connectivity index (χ1) is 13.3. The van der Waals surface area contributed by atoms with Crippen LogP contribution >= 0.6 is 0 Å². The number of rotatable bonds is 0. The largest absolute Gasteiger partial charge is 0.507 e. The van der Waals surface area contributed by atoms with Crippen molar-refractivity contribution < 1.29 is 5.11 Å². The maximum atomic E-state index is 10.4. The van der Waals surface area contributed by atoms with Gasteiger partial charge in [0.25, 0.3) is 0 Å². The fourth-order valence-corrected chi connectivity index (χ4v) is 4.56. The summed E-state index contributed by atoms with van der Waals surface area (Å²) in [5.41, 5.74) is 0. The lowest BCUT2D eigenvalue weighted by Gasteiger charge is -2.15.